The second-order valence-corrected chi connectivity index (χ2v) is 4.80. The largest absolute Gasteiger partial charge is 0.442 e. The molecular weight excluding hydrogens is 268 g/mol. The Bertz CT molecular complexity index is 723. The maximum Gasteiger partial charge on any atom is 0.428 e. The lowest BCUT2D eigenvalue weighted by Crippen LogP contribution is -2.30. The number of ether oxygens (including phenoxy) is 1. The zero-order chi connectivity index (χ0) is 14.8. The second-order valence-electron chi connectivity index (χ2n) is 4.80. The molecule has 1 amide bonds. The highest BCUT2D eigenvalue weighted by Gasteiger charge is 2.15. The van der Waals surface area contributed by atoms with E-state index < -0.39 is 6.09 Å². The summed E-state index contributed by atoms with van der Waals surface area (Å²) in [6, 6.07) is 5.95. The van der Waals surface area contributed by atoms with Crippen molar-refractivity contribution in [2.45, 2.75) is 13.8 Å². The SMILES string of the molecule is Cc1ncc(-c2ccc(C3=NNC(=O)OC3)cc2C)cn1. The van der Waals surface area contributed by atoms with Crippen LogP contribution in [0.5, 0.6) is 0 Å². The van der Waals surface area contributed by atoms with Crippen LogP contribution in [0.15, 0.2) is 35.7 Å². The number of aromatic nitrogens is 2. The van der Waals surface area contributed by atoms with Crippen LogP contribution in [-0.4, -0.2) is 28.4 Å². The molecule has 1 aromatic carbocycles. The van der Waals surface area contributed by atoms with Crippen LogP contribution in [0.1, 0.15) is 17.0 Å². The van der Waals surface area contributed by atoms with Crippen LogP contribution in [0.25, 0.3) is 11.1 Å². The van der Waals surface area contributed by atoms with E-state index in [1.807, 2.05) is 44.4 Å². The summed E-state index contributed by atoms with van der Waals surface area (Å²) < 4.78 is 4.91. The van der Waals surface area contributed by atoms with Gasteiger partial charge in [0.25, 0.3) is 0 Å². The lowest BCUT2D eigenvalue weighted by Gasteiger charge is -2.14. The smallest absolute Gasteiger partial charge is 0.428 e. The van der Waals surface area contributed by atoms with Gasteiger partial charge in [-0.15, -0.1) is 0 Å². The number of carbonyl (C=O) groups is 1. The Morgan fingerprint density at radius 2 is 1.90 bits per heavy atom. The standard InChI is InChI=1S/C15H14N4O2/c1-9-5-11(14-8-21-15(20)19-18-14)3-4-13(9)12-6-16-10(2)17-7-12/h3-7H,8H2,1-2H3,(H,19,20). The summed E-state index contributed by atoms with van der Waals surface area (Å²) in [5, 5.41) is 4.00. The molecule has 2 aromatic rings. The summed E-state index contributed by atoms with van der Waals surface area (Å²) in [6.07, 6.45) is 3.10. The number of aryl methyl sites for hydroxylation is 2. The molecule has 6 heteroatoms. The molecule has 1 aliphatic rings. The lowest BCUT2D eigenvalue weighted by molar-refractivity contribution is 0.157. The zero-order valence-corrected chi connectivity index (χ0v) is 11.8. The van der Waals surface area contributed by atoms with E-state index in [1.54, 1.807) is 0 Å². The third-order valence-corrected chi connectivity index (χ3v) is 3.27. The fourth-order valence-electron chi connectivity index (χ4n) is 2.16. The molecule has 1 aliphatic heterocycles. The van der Waals surface area contributed by atoms with E-state index in [9.17, 15) is 4.79 Å². The minimum atomic E-state index is -0.524. The number of benzene rings is 1. The van der Waals surface area contributed by atoms with Crippen LogP contribution in [0.4, 0.5) is 4.79 Å². The Kier molecular flexibility index (Phi) is 3.35. The Morgan fingerprint density at radius 3 is 2.52 bits per heavy atom. The summed E-state index contributed by atoms with van der Waals surface area (Å²) >= 11 is 0. The third kappa shape index (κ3) is 2.74. The average molecular weight is 282 g/mol. The monoisotopic (exact) mass is 282 g/mol. The second kappa shape index (κ2) is 5.32. The maximum absolute atomic E-state index is 10.9. The quantitative estimate of drug-likeness (QED) is 0.916. The number of nitrogens with zero attached hydrogens (tertiary/aromatic N) is 3. The molecule has 3 rings (SSSR count). The van der Waals surface area contributed by atoms with E-state index in [4.69, 9.17) is 4.74 Å². The molecular formula is C15H14N4O2. The molecule has 0 unspecified atom stereocenters. The van der Waals surface area contributed by atoms with Gasteiger partial charge in [0.15, 0.2) is 0 Å². The molecule has 0 saturated heterocycles. The summed E-state index contributed by atoms with van der Waals surface area (Å²) in [5.74, 6) is 0.748. The van der Waals surface area contributed by atoms with Gasteiger partial charge in [0.05, 0.1) is 0 Å². The maximum atomic E-state index is 10.9. The van der Waals surface area contributed by atoms with Crippen molar-refractivity contribution in [2.24, 2.45) is 5.10 Å². The van der Waals surface area contributed by atoms with Gasteiger partial charge in [-0.05, 0) is 31.0 Å². The van der Waals surface area contributed by atoms with E-state index in [0.29, 0.717) is 5.71 Å². The van der Waals surface area contributed by atoms with E-state index in [0.717, 1.165) is 28.1 Å². The molecule has 0 bridgehead atoms. The molecule has 0 radical (unpaired) electrons. The Labute approximate surface area is 121 Å². The molecule has 21 heavy (non-hydrogen) atoms. The Balaban J connectivity index is 1.93. The van der Waals surface area contributed by atoms with Crippen LogP contribution in [-0.2, 0) is 4.74 Å². The molecule has 0 fully saturated rings. The highest BCUT2D eigenvalue weighted by molar-refractivity contribution is 6.04. The van der Waals surface area contributed by atoms with E-state index >= 15 is 0 Å². The van der Waals surface area contributed by atoms with Gasteiger partial charge in [-0.2, -0.15) is 5.10 Å². The summed E-state index contributed by atoms with van der Waals surface area (Å²) in [6.45, 7) is 4.05. The molecule has 0 atom stereocenters. The zero-order valence-electron chi connectivity index (χ0n) is 11.8. The van der Waals surface area contributed by atoms with Crippen LogP contribution < -0.4 is 5.43 Å². The fraction of sp³-hybridized carbons (Fsp3) is 0.200. The van der Waals surface area contributed by atoms with Crippen molar-refractivity contribution in [2.75, 3.05) is 6.61 Å². The summed E-state index contributed by atoms with van der Waals surface area (Å²) in [7, 11) is 0. The first-order valence-electron chi connectivity index (χ1n) is 6.53. The van der Waals surface area contributed by atoms with Gasteiger partial charge in [0.1, 0.15) is 18.1 Å². The predicted molar refractivity (Wildman–Crippen MR) is 78.0 cm³/mol. The van der Waals surface area contributed by atoms with Crippen molar-refractivity contribution in [1.82, 2.24) is 15.4 Å². The van der Waals surface area contributed by atoms with Crippen LogP contribution in [0.2, 0.25) is 0 Å². The van der Waals surface area contributed by atoms with E-state index in [2.05, 4.69) is 20.5 Å². The van der Waals surface area contributed by atoms with Gasteiger partial charge in [-0.3, -0.25) is 0 Å². The van der Waals surface area contributed by atoms with Gasteiger partial charge < -0.3 is 4.74 Å². The van der Waals surface area contributed by atoms with Gasteiger partial charge in [-0.1, -0.05) is 12.1 Å². The molecule has 1 aromatic heterocycles. The molecule has 106 valence electrons. The van der Waals surface area contributed by atoms with Gasteiger partial charge >= 0.3 is 6.09 Å². The first-order valence-corrected chi connectivity index (χ1v) is 6.53. The van der Waals surface area contributed by atoms with Crippen molar-refractivity contribution in [3.63, 3.8) is 0 Å². The molecule has 0 spiro atoms. The summed E-state index contributed by atoms with van der Waals surface area (Å²) in [5.41, 5.74) is 7.05. The molecule has 0 saturated carbocycles. The van der Waals surface area contributed by atoms with Crippen LogP contribution >= 0.6 is 0 Å². The number of rotatable bonds is 2. The van der Waals surface area contributed by atoms with Crippen molar-refractivity contribution in [3.8, 4) is 11.1 Å². The fourth-order valence-corrected chi connectivity index (χ4v) is 2.16. The minimum absolute atomic E-state index is 0.179. The molecule has 6 nitrogen and oxygen atoms in total. The molecule has 0 aliphatic carbocycles. The first kappa shape index (κ1) is 13.2. The number of cyclic esters (lactones) is 1. The first-order chi connectivity index (χ1) is 10.1. The predicted octanol–water partition coefficient (Wildman–Crippen LogP) is 2.20. The minimum Gasteiger partial charge on any atom is -0.442 e. The van der Waals surface area contributed by atoms with Crippen molar-refractivity contribution >= 4 is 11.8 Å². The number of hydrogen-bond acceptors (Lipinski definition) is 5. The van der Waals surface area contributed by atoms with Gasteiger partial charge in [0, 0.05) is 23.5 Å². The topological polar surface area (TPSA) is 76.5 Å². The van der Waals surface area contributed by atoms with Gasteiger partial charge in [-0.25, -0.2) is 20.2 Å². The number of carbonyl (C=O) groups excluding carboxylic acids is 1. The Morgan fingerprint density at radius 1 is 1.14 bits per heavy atom. The Hall–Kier alpha value is -2.76. The highest BCUT2D eigenvalue weighted by Crippen LogP contribution is 2.23. The van der Waals surface area contributed by atoms with E-state index in [-0.39, 0.29) is 6.61 Å². The van der Waals surface area contributed by atoms with Gasteiger partial charge in [0.2, 0.25) is 0 Å². The summed E-state index contributed by atoms with van der Waals surface area (Å²) in [4.78, 5) is 19.3. The van der Waals surface area contributed by atoms with E-state index in [1.165, 1.54) is 0 Å². The lowest BCUT2D eigenvalue weighted by atomic mass is 9.99. The van der Waals surface area contributed by atoms with Crippen LogP contribution in [0, 0.1) is 13.8 Å². The number of nitrogens with one attached hydrogen (secondary N) is 1. The third-order valence-electron chi connectivity index (χ3n) is 3.27. The van der Waals surface area contributed by atoms with Crippen molar-refractivity contribution in [3.05, 3.63) is 47.5 Å². The normalized spacial score (nSPS) is 14.2. The van der Waals surface area contributed by atoms with Crippen molar-refractivity contribution in [1.29, 1.82) is 0 Å². The number of amides is 1. The number of hydrogen-bond donors (Lipinski definition) is 1. The van der Waals surface area contributed by atoms with Crippen LogP contribution in [0.3, 0.4) is 0 Å². The highest BCUT2D eigenvalue weighted by atomic mass is 16.6. The molecule has 2 heterocycles. The van der Waals surface area contributed by atoms with Crippen molar-refractivity contribution < 1.29 is 9.53 Å². The average Bonchev–Trinajstić information content (AvgIpc) is 2.49. The molecule has 1 N–H and O–H groups in total. The number of hydrazone groups is 1.